The number of alkyl halides is 5. The van der Waals surface area contributed by atoms with E-state index in [0.29, 0.717) is 18.1 Å². The summed E-state index contributed by atoms with van der Waals surface area (Å²) in [5.41, 5.74) is 1.48. The molecule has 162 valence electrons. The molecular weight excluding hydrogens is 512 g/mol. The number of aromatic nitrogens is 2. The van der Waals surface area contributed by atoms with Gasteiger partial charge >= 0.3 is 12.7 Å². The molecule has 0 unspecified atom stereocenters. The van der Waals surface area contributed by atoms with Gasteiger partial charge in [0.05, 0.1) is 13.2 Å². The van der Waals surface area contributed by atoms with Gasteiger partial charge in [0, 0.05) is 26.0 Å². The number of guanidine groups is 1. The second kappa shape index (κ2) is 11.9. The molecular formula is C17H21F5IN5O. The van der Waals surface area contributed by atoms with Crippen LogP contribution < -0.4 is 10.6 Å². The van der Waals surface area contributed by atoms with Crippen molar-refractivity contribution in [1.82, 2.24) is 20.2 Å². The Balaban J connectivity index is 0.00000420. The fourth-order valence-corrected chi connectivity index (χ4v) is 2.27. The molecule has 0 aliphatic rings. The third-order valence-electron chi connectivity index (χ3n) is 3.61. The molecule has 0 atom stereocenters. The molecule has 1 aromatic carbocycles. The van der Waals surface area contributed by atoms with E-state index in [1.807, 2.05) is 0 Å². The second-order valence-electron chi connectivity index (χ2n) is 5.73. The molecule has 0 aliphatic carbocycles. The number of halogens is 6. The van der Waals surface area contributed by atoms with Crippen molar-refractivity contribution >= 4 is 29.9 Å². The highest BCUT2D eigenvalue weighted by atomic mass is 127. The lowest BCUT2D eigenvalue weighted by molar-refractivity contribution is -0.176. The smallest absolute Gasteiger partial charge is 0.367 e. The van der Waals surface area contributed by atoms with E-state index >= 15 is 0 Å². The van der Waals surface area contributed by atoms with Crippen molar-refractivity contribution in [3.8, 4) is 0 Å². The molecule has 1 heterocycles. The van der Waals surface area contributed by atoms with E-state index in [0.717, 1.165) is 10.1 Å². The lowest BCUT2D eigenvalue weighted by Crippen LogP contribution is -2.37. The summed E-state index contributed by atoms with van der Waals surface area (Å²) < 4.78 is 67.1. The van der Waals surface area contributed by atoms with Crippen LogP contribution >= 0.6 is 24.0 Å². The molecule has 6 nitrogen and oxygen atoms in total. The van der Waals surface area contributed by atoms with E-state index in [9.17, 15) is 22.0 Å². The van der Waals surface area contributed by atoms with Crippen molar-refractivity contribution in [2.45, 2.75) is 32.4 Å². The number of nitrogens with one attached hydrogen (secondary N) is 2. The van der Waals surface area contributed by atoms with Crippen LogP contribution in [0.15, 0.2) is 41.7 Å². The summed E-state index contributed by atoms with van der Waals surface area (Å²) in [6.45, 7) is -3.65. The molecule has 0 radical (unpaired) electrons. The Kier molecular flexibility index (Phi) is 10.3. The van der Waals surface area contributed by atoms with Gasteiger partial charge in [-0.05, 0) is 11.1 Å². The van der Waals surface area contributed by atoms with Crippen LogP contribution in [0.3, 0.4) is 0 Å². The van der Waals surface area contributed by atoms with Crippen LogP contribution in [0.25, 0.3) is 0 Å². The van der Waals surface area contributed by atoms with Gasteiger partial charge in [-0.2, -0.15) is 22.0 Å². The Morgan fingerprint density at radius 3 is 2.34 bits per heavy atom. The molecule has 0 spiro atoms. The van der Waals surface area contributed by atoms with Gasteiger partial charge in [-0.15, -0.1) is 24.0 Å². The highest BCUT2D eigenvalue weighted by Gasteiger charge is 2.27. The number of ether oxygens (including phenoxy) is 1. The maximum atomic E-state index is 12.8. The van der Waals surface area contributed by atoms with Crippen molar-refractivity contribution in [3.63, 3.8) is 0 Å². The van der Waals surface area contributed by atoms with Crippen LogP contribution in [0.2, 0.25) is 0 Å². The average Bonchev–Trinajstić information content (AvgIpc) is 3.11. The van der Waals surface area contributed by atoms with Gasteiger partial charge in [-0.1, -0.05) is 24.3 Å². The molecule has 29 heavy (non-hydrogen) atoms. The number of hydrogen-bond acceptors (Lipinski definition) is 3. The minimum atomic E-state index is -4.35. The van der Waals surface area contributed by atoms with Crippen LogP contribution in [0.1, 0.15) is 23.5 Å². The normalized spacial score (nSPS) is 12.0. The summed E-state index contributed by atoms with van der Waals surface area (Å²) in [4.78, 5) is 7.87. The zero-order chi connectivity index (χ0) is 20.6. The maximum Gasteiger partial charge on any atom is 0.411 e. The average molecular weight is 533 g/mol. The number of nitrogens with zero attached hydrogens (tertiary/aromatic N) is 3. The van der Waals surface area contributed by atoms with E-state index in [1.165, 1.54) is 19.4 Å². The first kappa shape index (κ1) is 25.1. The first-order chi connectivity index (χ1) is 13.3. The van der Waals surface area contributed by atoms with Gasteiger partial charge in [0.25, 0.3) is 0 Å². The molecule has 12 heteroatoms. The molecule has 0 fully saturated rings. The summed E-state index contributed by atoms with van der Waals surface area (Å²) in [6.07, 6.45) is -1.86. The first-order valence-electron chi connectivity index (χ1n) is 8.25. The standard InChI is InChI=1S/C17H20F5N5O.HI/c1-23-16(26-9-14-24-6-7-27(14)15(18)19)25-8-12-2-4-13(5-3-12)10-28-11-17(20,21)22;/h2-7,15H,8-11H2,1H3,(H2,23,25,26);1H. The van der Waals surface area contributed by atoms with E-state index in [-0.39, 0.29) is 43.0 Å². The predicted octanol–water partition coefficient (Wildman–Crippen LogP) is 3.84. The zero-order valence-electron chi connectivity index (χ0n) is 15.4. The Hall–Kier alpha value is -1.96. The van der Waals surface area contributed by atoms with Gasteiger partial charge in [0.15, 0.2) is 5.96 Å². The SMILES string of the molecule is CN=C(NCc1ccc(COCC(F)(F)F)cc1)NCc1nccn1C(F)F.I. The molecule has 0 saturated carbocycles. The second-order valence-corrected chi connectivity index (χ2v) is 5.73. The quantitative estimate of drug-likeness (QED) is 0.235. The fraction of sp³-hybridized carbons (Fsp3) is 0.412. The lowest BCUT2D eigenvalue weighted by Gasteiger charge is -2.13. The molecule has 2 rings (SSSR count). The Morgan fingerprint density at radius 1 is 1.14 bits per heavy atom. The Morgan fingerprint density at radius 2 is 1.76 bits per heavy atom. The molecule has 0 bridgehead atoms. The van der Waals surface area contributed by atoms with Crippen LogP contribution in [-0.4, -0.2) is 35.3 Å². The first-order valence-corrected chi connectivity index (χ1v) is 8.25. The number of hydrogen-bond donors (Lipinski definition) is 2. The van der Waals surface area contributed by atoms with Gasteiger partial charge < -0.3 is 15.4 Å². The van der Waals surface area contributed by atoms with Crippen molar-refractivity contribution in [2.75, 3.05) is 13.7 Å². The Labute approximate surface area is 181 Å². The largest absolute Gasteiger partial charge is 0.411 e. The summed E-state index contributed by atoms with van der Waals surface area (Å²) >= 11 is 0. The van der Waals surface area contributed by atoms with E-state index in [2.05, 4.69) is 25.3 Å². The van der Waals surface area contributed by atoms with Crippen molar-refractivity contribution in [2.24, 2.45) is 4.99 Å². The maximum absolute atomic E-state index is 12.8. The molecule has 2 N–H and O–H groups in total. The third kappa shape index (κ3) is 8.94. The zero-order valence-corrected chi connectivity index (χ0v) is 17.7. The molecule has 0 amide bonds. The van der Waals surface area contributed by atoms with Gasteiger partial charge in [-0.25, -0.2) is 4.98 Å². The van der Waals surface area contributed by atoms with Gasteiger partial charge in [0.1, 0.15) is 12.4 Å². The van der Waals surface area contributed by atoms with E-state index in [4.69, 9.17) is 0 Å². The third-order valence-corrected chi connectivity index (χ3v) is 3.61. The van der Waals surface area contributed by atoms with E-state index < -0.39 is 19.3 Å². The van der Waals surface area contributed by atoms with Crippen molar-refractivity contribution in [3.05, 3.63) is 53.6 Å². The lowest BCUT2D eigenvalue weighted by atomic mass is 10.1. The number of aliphatic imine (C=N–C) groups is 1. The summed E-state index contributed by atoms with van der Waals surface area (Å²) in [6, 6.07) is 6.83. The minimum absolute atomic E-state index is 0. The van der Waals surface area contributed by atoms with Crippen LogP contribution in [-0.2, 0) is 24.4 Å². The number of imidazole rings is 1. The monoisotopic (exact) mass is 533 g/mol. The number of rotatable bonds is 8. The minimum Gasteiger partial charge on any atom is -0.367 e. The number of benzene rings is 1. The molecule has 2 aromatic rings. The molecule has 1 aromatic heterocycles. The fourth-order valence-electron chi connectivity index (χ4n) is 2.27. The summed E-state index contributed by atoms with van der Waals surface area (Å²) in [7, 11) is 1.54. The van der Waals surface area contributed by atoms with Gasteiger partial charge in [0.2, 0.25) is 0 Å². The van der Waals surface area contributed by atoms with Crippen LogP contribution in [0, 0.1) is 0 Å². The van der Waals surface area contributed by atoms with Crippen LogP contribution in [0.4, 0.5) is 22.0 Å². The van der Waals surface area contributed by atoms with Crippen molar-refractivity contribution < 1.29 is 26.7 Å². The highest BCUT2D eigenvalue weighted by Crippen LogP contribution is 2.16. The van der Waals surface area contributed by atoms with Gasteiger partial charge in [-0.3, -0.25) is 9.56 Å². The summed E-state index contributed by atoms with van der Waals surface area (Å²) in [5, 5.41) is 5.90. The van der Waals surface area contributed by atoms with E-state index in [1.54, 1.807) is 24.3 Å². The highest BCUT2D eigenvalue weighted by molar-refractivity contribution is 14.0. The van der Waals surface area contributed by atoms with Crippen LogP contribution in [0.5, 0.6) is 0 Å². The predicted molar refractivity (Wildman–Crippen MR) is 108 cm³/mol. The topological polar surface area (TPSA) is 63.5 Å². The molecule has 0 saturated heterocycles. The van der Waals surface area contributed by atoms with Crippen molar-refractivity contribution in [1.29, 1.82) is 0 Å². The summed E-state index contributed by atoms with van der Waals surface area (Å²) in [5.74, 6) is 0.558. The molecule has 0 aliphatic heterocycles. The Bertz CT molecular complexity index is 764.